The number of nitrogens with two attached hydrogens (primary N) is 1. The number of carbonyl (C=O) groups excluding carboxylic acids is 3. The van der Waals surface area contributed by atoms with E-state index < -0.39 is 12.1 Å². The van der Waals surface area contributed by atoms with Crippen LogP contribution in [0.25, 0.3) is 10.8 Å². The molecule has 0 unspecified atom stereocenters. The molecule has 11 heteroatoms. The topological polar surface area (TPSA) is 126 Å². The van der Waals surface area contributed by atoms with E-state index in [0.717, 1.165) is 66.8 Å². The highest BCUT2D eigenvalue weighted by atomic mass is 35.5. The summed E-state index contributed by atoms with van der Waals surface area (Å²) in [5, 5.41) is 8.87. The van der Waals surface area contributed by atoms with E-state index in [-0.39, 0.29) is 55.8 Å². The smallest absolute Gasteiger partial charge is 0.415 e. The number of ether oxygens (including phenoxy) is 2. The molecule has 10 nitrogen and oxygen atoms in total. The number of methoxy groups -OCH3 is 1. The summed E-state index contributed by atoms with van der Waals surface area (Å²) in [6.45, 7) is 1.00. The van der Waals surface area contributed by atoms with Crippen LogP contribution in [0.15, 0.2) is 54.6 Å². The standard InChI is InChI=1S/C40H52ClN5O5/c1-50-36-23-28(16-17-30(36)24-42)25-43-38(47)34-26-45(40(49)51-35-19-18-29-12-8-9-15-32(29)37(35)41)20-21-46(34)39(48)33(22-27-10-4-2-5-11-27)44-31-13-6-3-7-14-31/h8-9,12,15-19,23,27,31,33-34,44H,2-7,10-11,13-14,20-22,24-26,42H2,1H3,(H,43,47)/t33-,34+/m1/s1. The summed E-state index contributed by atoms with van der Waals surface area (Å²) in [5.74, 6) is 0.982. The van der Waals surface area contributed by atoms with Gasteiger partial charge in [0.1, 0.15) is 11.8 Å². The van der Waals surface area contributed by atoms with Crippen LogP contribution in [0.5, 0.6) is 11.5 Å². The van der Waals surface area contributed by atoms with E-state index in [4.69, 9.17) is 26.8 Å². The first kappa shape index (κ1) is 36.9. The summed E-state index contributed by atoms with van der Waals surface area (Å²) in [6.07, 6.45) is 11.7. The summed E-state index contributed by atoms with van der Waals surface area (Å²) in [4.78, 5) is 45.6. The number of benzene rings is 3. The molecule has 3 aromatic carbocycles. The highest BCUT2D eigenvalue weighted by molar-refractivity contribution is 6.37. The van der Waals surface area contributed by atoms with E-state index in [0.29, 0.717) is 23.2 Å². The zero-order chi connectivity index (χ0) is 35.7. The van der Waals surface area contributed by atoms with Crippen LogP contribution < -0.4 is 25.8 Å². The number of halogens is 1. The number of nitrogens with zero attached hydrogens (tertiary/aromatic N) is 2. The van der Waals surface area contributed by atoms with Gasteiger partial charge in [-0.05, 0) is 48.3 Å². The van der Waals surface area contributed by atoms with Crippen LogP contribution in [-0.4, -0.2) is 72.6 Å². The quantitative estimate of drug-likeness (QED) is 0.205. The van der Waals surface area contributed by atoms with E-state index in [1.165, 1.54) is 30.6 Å². The van der Waals surface area contributed by atoms with Gasteiger partial charge < -0.3 is 35.6 Å². The molecule has 0 bridgehead atoms. The van der Waals surface area contributed by atoms with Gasteiger partial charge in [0.2, 0.25) is 11.8 Å². The van der Waals surface area contributed by atoms with Gasteiger partial charge in [-0.15, -0.1) is 0 Å². The molecular weight excluding hydrogens is 666 g/mol. The Kier molecular flexibility index (Phi) is 12.7. The molecule has 2 atom stereocenters. The molecule has 3 amide bonds. The second kappa shape index (κ2) is 17.6. The first-order valence-electron chi connectivity index (χ1n) is 18.7. The van der Waals surface area contributed by atoms with Crippen LogP contribution in [0.4, 0.5) is 4.79 Å². The fourth-order valence-electron chi connectivity index (χ4n) is 8.01. The van der Waals surface area contributed by atoms with E-state index in [2.05, 4.69) is 10.6 Å². The lowest BCUT2D eigenvalue weighted by Crippen LogP contribution is -2.64. The molecule has 2 aliphatic carbocycles. The molecule has 0 aromatic heterocycles. The van der Waals surface area contributed by atoms with Crippen LogP contribution in [0.1, 0.15) is 81.8 Å². The largest absolute Gasteiger partial charge is 0.496 e. The second-order valence-corrected chi connectivity index (χ2v) is 14.7. The number of hydrogen-bond donors (Lipinski definition) is 3. The van der Waals surface area contributed by atoms with Gasteiger partial charge in [0.15, 0.2) is 5.75 Å². The average molecular weight is 718 g/mol. The molecule has 0 spiro atoms. The molecule has 1 aliphatic heterocycles. The maximum atomic E-state index is 14.6. The van der Waals surface area contributed by atoms with Crippen molar-refractivity contribution in [1.82, 2.24) is 20.4 Å². The fourth-order valence-corrected chi connectivity index (χ4v) is 8.29. The Labute approximate surface area is 306 Å². The van der Waals surface area contributed by atoms with Gasteiger partial charge in [0, 0.05) is 43.2 Å². The minimum Gasteiger partial charge on any atom is -0.496 e. The van der Waals surface area contributed by atoms with Gasteiger partial charge in [0.25, 0.3) is 0 Å². The Bertz CT molecular complexity index is 1650. The zero-order valence-electron chi connectivity index (χ0n) is 29.7. The molecule has 3 fully saturated rings. The van der Waals surface area contributed by atoms with Crippen molar-refractivity contribution in [3.8, 4) is 11.5 Å². The summed E-state index contributed by atoms with van der Waals surface area (Å²) in [5.41, 5.74) is 7.56. The van der Waals surface area contributed by atoms with Crippen LogP contribution in [0.2, 0.25) is 5.02 Å². The zero-order valence-corrected chi connectivity index (χ0v) is 30.5. The SMILES string of the molecule is COc1cc(CNC(=O)[C@@H]2CN(C(=O)Oc3ccc4ccccc4c3Cl)CCN2C(=O)[C@@H](CC2CCCCC2)NC2CCCCC2)ccc1CN. The maximum Gasteiger partial charge on any atom is 0.415 e. The molecule has 6 rings (SSSR count). The lowest BCUT2D eigenvalue weighted by atomic mass is 9.83. The highest BCUT2D eigenvalue weighted by Crippen LogP contribution is 2.34. The predicted molar refractivity (Wildman–Crippen MR) is 200 cm³/mol. The molecule has 51 heavy (non-hydrogen) atoms. The van der Waals surface area contributed by atoms with E-state index >= 15 is 0 Å². The van der Waals surface area contributed by atoms with Crippen molar-refractivity contribution in [3.05, 3.63) is 70.7 Å². The van der Waals surface area contributed by atoms with Gasteiger partial charge in [0.05, 0.1) is 24.7 Å². The predicted octanol–water partition coefficient (Wildman–Crippen LogP) is 6.55. The van der Waals surface area contributed by atoms with Gasteiger partial charge in [-0.3, -0.25) is 9.59 Å². The number of hydrogen-bond acceptors (Lipinski definition) is 7. The number of nitrogens with one attached hydrogen (secondary N) is 2. The lowest BCUT2D eigenvalue weighted by molar-refractivity contribution is -0.145. The third-order valence-corrected chi connectivity index (χ3v) is 11.3. The maximum absolute atomic E-state index is 14.6. The van der Waals surface area contributed by atoms with Crippen LogP contribution in [0.3, 0.4) is 0 Å². The minimum absolute atomic E-state index is 0.00336. The molecule has 4 N–H and O–H groups in total. The molecule has 1 saturated heterocycles. The summed E-state index contributed by atoms with van der Waals surface area (Å²) < 4.78 is 11.3. The highest BCUT2D eigenvalue weighted by Gasteiger charge is 2.41. The molecule has 0 radical (unpaired) electrons. The molecule has 1 heterocycles. The first-order chi connectivity index (χ1) is 24.8. The van der Waals surface area contributed by atoms with Crippen LogP contribution in [-0.2, 0) is 22.7 Å². The van der Waals surface area contributed by atoms with Crippen molar-refractivity contribution in [1.29, 1.82) is 0 Å². The normalized spacial score (nSPS) is 19.5. The molecule has 274 valence electrons. The van der Waals surface area contributed by atoms with E-state index in [1.807, 2.05) is 48.5 Å². The Balaban J connectivity index is 1.22. The fraction of sp³-hybridized carbons (Fsp3) is 0.525. The van der Waals surface area contributed by atoms with E-state index in [1.54, 1.807) is 18.1 Å². The Hall–Kier alpha value is -3.86. The Morgan fingerprint density at radius 1 is 0.922 bits per heavy atom. The van der Waals surface area contributed by atoms with Gasteiger partial charge >= 0.3 is 6.09 Å². The summed E-state index contributed by atoms with van der Waals surface area (Å²) in [7, 11) is 1.59. The number of piperazine rings is 1. The van der Waals surface area contributed by atoms with Crippen molar-refractivity contribution in [2.24, 2.45) is 11.7 Å². The summed E-state index contributed by atoms with van der Waals surface area (Å²) >= 11 is 6.67. The Morgan fingerprint density at radius 3 is 2.41 bits per heavy atom. The molecule has 3 aromatic rings. The lowest BCUT2D eigenvalue weighted by Gasteiger charge is -2.42. The van der Waals surface area contributed by atoms with Crippen molar-refractivity contribution in [3.63, 3.8) is 0 Å². The molecule has 2 saturated carbocycles. The number of rotatable bonds is 11. The first-order valence-corrected chi connectivity index (χ1v) is 19.1. The van der Waals surface area contributed by atoms with Crippen LogP contribution in [0, 0.1) is 5.92 Å². The third-order valence-electron chi connectivity index (χ3n) is 10.9. The van der Waals surface area contributed by atoms with Crippen molar-refractivity contribution in [2.75, 3.05) is 26.7 Å². The Morgan fingerprint density at radius 2 is 1.67 bits per heavy atom. The van der Waals surface area contributed by atoms with Gasteiger partial charge in [-0.1, -0.05) is 105 Å². The molecule has 3 aliphatic rings. The molecular formula is C40H52ClN5O5. The van der Waals surface area contributed by atoms with Crippen LogP contribution >= 0.6 is 11.6 Å². The number of fused-ring (bicyclic) bond motifs is 1. The van der Waals surface area contributed by atoms with Crippen molar-refractivity contribution in [2.45, 2.75) is 102 Å². The van der Waals surface area contributed by atoms with Gasteiger partial charge in [-0.25, -0.2) is 4.79 Å². The van der Waals surface area contributed by atoms with Crippen molar-refractivity contribution >= 4 is 40.3 Å². The minimum atomic E-state index is -0.905. The third kappa shape index (κ3) is 9.15. The van der Waals surface area contributed by atoms with Crippen molar-refractivity contribution < 1.29 is 23.9 Å². The van der Waals surface area contributed by atoms with E-state index in [9.17, 15) is 14.4 Å². The second-order valence-electron chi connectivity index (χ2n) is 14.3. The van der Waals surface area contributed by atoms with Gasteiger partial charge in [-0.2, -0.15) is 0 Å². The summed E-state index contributed by atoms with van der Waals surface area (Å²) in [6, 6.07) is 15.8. The monoisotopic (exact) mass is 717 g/mol. The average Bonchev–Trinajstić information content (AvgIpc) is 3.18. The number of carbonyl (C=O) groups is 3. The number of amides is 3.